The first-order valence-electron chi connectivity index (χ1n) is 14.0. The summed E-state index contributed by atoms with van der Waals surface area (Å²) in [5.74, 6) is 5.39. The van der Waals surface area contributed by atoms with Gasteiger partial charge in [-0.3, -0.25) is 0 Å². The molecule has 0 unspecified atom stereocenters. The van der Waals surface area contributed by atoms with Crippen LogP contribution in [-0.2, 0) is 9.47 Å². The monoisotopic (exact) mass is 638 g/mol. The summed E-state index contributed by atoms with van der Waals surface area (Å²) in [5, 5.41) is 17.7. The van der Waals surface area contributed by atoms with Crippen molar-refractivity contribution >= 4 is 0 Å². The van der Waals surface area contributed by atoms with Crippen LogP contribution in [0.3, 0.4) is 0 Å². The Kier molecular flexibility index (Phi) is 23.7. The van der Waals surface area contributed by atoms with E-state index in [1.165, 1.54) is 26.4 Å². The lowest BCUT2D eigenvalue weighted by Gasteiger charge is -2.09. The SMILES string of the molecule is CCCOC.COCCOc1cc(OC)cc(OC)c1.COc1cc(O)cc(OC)c1.COc1cc(OC)cc(OCCO)c1. The summed E-state index contributed by atoms with van der Waals surface area (Å²) >= 11 is 0. The first-order valence-corrected chi connectivity index (χ1v) is 14.0. The van der Waals surface area contributed by atoms with Crippen LogP contribution >= 0.6 is 0 Å². The maximum atomic E-state index is 9.10. The molecule has 12 nitrogen and oxygen atoms in total. The van der Waals surface area contributed by atoms with Gasteiger partial charge in [-0.1, -0.05) is 6.92 Å². The molecule has 0 spiro atoms. The second-order valence-corrected chi connectivity index (χ2v) is 8.57. The third kappa shape index (κ3) is 18.9. The molecule has 0 saturated heterocycles. The van der Waals surface area contributed by atoms with Crippen LogP contribution < -0.4 is 37.9 Å². The Morgan fingerprint density at radius 1 is 0.422 bits per heavy atom. The Morgan fingerprint density at radius 3 is 1.00 bits per heavy atom. The van der Waals surface area contributed by atoms with E-state index in [-0.39, 0.29) is 19.0 Å². The van der Waals surface area contributed by atoms with Crippen molar-refractivity contribution in [3.63, 3.8) is 0 Å². The van der Waals surface area contributed by atoms with Gasteiger partial charge < -0.3 is 57.6 Å². The number of benzene rings is 3. The van der Waals surface area contributed by atoms with Crippen LogP contribution in [0.5, 0.6) is 51.7 Å². The number of aromatic hydroxyl groups is 1. The lowest BCUT2D eigenvalue weighted by Crippen LogP contribution is -2.04. The van der Waals surface area contributed by atoms with Gasteiger partial charge in [-0.05, 0) is 6.42 Å². The molecule has 0 aliphatic rings. The zero-order valence-electron chi connectivity index (χ0n) is 27.9. The van der Waals surface area contributed by atoms with Crippen molar-refractivity contribution in [1.82, 2.24) is 0 Å². The predicted octanol–water partition coefficient (Wildman–Crippen LogP) is 5.26. The zero-order chi connectivity index (χ0) is 33.9. The summed E-state index contributed by atoms with van der Waals surface area (Å²) in [6.45, 7) is 4.28. The van der Waals surface area contributed by atoms with E-state index in [9.17, 15) is 0 Å². The number of methoxy groups -OCH3 is 8. The Hall–Kier alpha value is -4.26. The number of rotatable bonds is 15. The minimum atomic E-state index is -0.0144. The van der Waals surface area contributed by atoms with Gasteiger partial charge in [0.25, 0.3) is 0 Å². The molecule has 0 heterocycles. The van der Waals surface area contributed by atoms with Crippen LogP contribution in [0.1, 0.15) is 13.3 Å². The molecular formula is C33H50O12. The van der Waals surface area contributed by atoms with E-state index in [2.05, 4.69) is 6.92 Å². The quantitative estimate of drug-likeness (QED) is 0.211. The smallest absolute Gasteiger partial charge is 0.126 e. The predicted molar refractivity (Wildman–Crippen MR) is 172 cm³/mol. The molecule has 3 aromatic carbocycles. The molecule has 0 atom stereocenters. The number of ether oxygens (including phenoxy) is 10. The van der Waals surface area contributed by atoms with E-state index in [1.807, 2.05) is 0 Å². The second-order valence-electron chi connectivity index (χ2n) is 8.57. The molecule has 0 aliphatic carbocycles. The number of phenolic OH excluding ortho intramolecular Hbond substituents is 1. The fraction of sp³-hybridized carbons (Fsp3) is 0.455. The van der Waals surface area contributed by atoms with Crippen molar-refractivity contribution in [2.24, 2.45) is 0 Å². The van der Waals surface area contributed by atoms with E-state index in [0.29, 0.717) is 59.2 Å². The lowest BCUT2D eigenvalue weighted by atomic mass is 10.3. The topological polar surface area (TPSA) is 133 Å². The van der Waals surface area contributed by atoms with Crippen molar-refractivity contribution in [3.8, 4) is 51.7 Å². The molecular weight excluding hydrogens is 588 g/mol. The fourth-order valence-corrected chi connectivity index (χ4v) is 3.13. The third-order valence-electron chi connectivity index (χ3n) is 5.31. The average molecular weight is 639 g/mol. The highest BCUT2D eigenvalue weighted by Gasteiger charge is 2.03. The summed E-state index contributed by atoms with van der Waals surface area (Å²) in [4.78, 5) is 0. The number of hydrogen-bond donors (Lipinski definition) is 2. The first kappa shape index (κ1) is 40.7. The van der Waals surface area contributed by atoms with E-state index >= 15 is 0 Å². The molecule has 0 saturated carbocycles. The van der Waals surface area contributed by atoms with E-state index in [0.717, 1.165) is 13.0 Å². The summed E-state index contributed by atoms with van der Waals surface area (Å²) in [6.07, 6.45) is 1.12. The van der Waals surface area contributed by atoms with Gasteiger partial charge in [0.15, 0.2) is 0 Å². The van der Waals surface area contributed by atoms with Crippen LogP contribution in [0.15, 0.2) is 54.6 Å². The second kappa shape index (κ2) is 26.2. The van der Waals surface area contributed by atoms with Crippen molar-refractivity contribution in [2.45, 2.75) is 13.3 Å². The van der Waals surface area contributed by atoms with Crippen LogP contribution in [0.4, 0.5) is 0 Å². The molecule has 0 fully saturated rings. The molecule has 2 N–H and O–H groups in total. The van der Waals surface area contributed by atoms with Crippen molar-refractivity contribution < 1.29 is 57.6 Å². The van der Waals surface area contributed by atoms with E-state index < -0.39 is 0 Å². The maximum Gasteiger partial charge on any atom is 0.126 e. The lowest BCUT2D eigenvalue weighted by molar-refractivity contribution is 0.146. The Morgan fingerprint density at radius 2 is 0.733 bits per heavy atom. The highest BCUT2D eigenvalue weighted by atomic mass is 16.5. The molecule has 0 radical (unpaired) electrons. The van der Waals surface area contributed by atoms with Crippen LogP contribution in [0, 0.1) is 0 Å². The standard InChI is InChI=1S/C11H16O4.C10H14O4.C8H10O3.C4H10O/c1-12-4-5-15-11-7-9(13-2)6-10(8-11)14-3;1-12-8-5-9(13-2)7-10(6-8)14-4-3-11;1-10-7-3-6(9)4-8(5-7)11-2;1-3-4-5-2/h6-8H,4-5H2,1-3H3;5-7,11H,3-4H2,1-2H3;3-5,9H,1-2H3;3-4H2,1-2H3. The summed E-state index contributed by atoms with van der Waals surface area (Å²) < 4.78 is 50.4. The van der Waals surface area contributed by atoms with Crippen LogP contribution in [-0.4, -0.2) is 100 Å². The molecule has 0 aliphatic heterocycles. The third-order valence-corrected chi connectivity index (χ3v) is 5.31. The summed E-state index contributed by atoms with van der Waals surface area (Å²) in [7, 11) is 12.8. The normalized spacial score (nSPS) is 9.47. The van der Waals surface area contributed by atoms with Gasteiger partial charge in [-0.2, -0.15) is 0 Å². The number of aliphatic hydroxyl groups excluding tert-OH is 1. The van der Waals surface area contributed by atoms with Gasteiger partial charge in [-0.25, -0.2) is 0 Å². The highest BCUT2D eigenvalue weighted by Crippen LogP contribution is 2.28. The van der Waals surface area contributed by atoms with Gasteiger partial charge in [0.1, 0.15) is 65.0 Å². The molecule has 3 rings (SSSR count). The minimum absolute atomic E-state index is 0.0144. The van der Waals surface area contributed by atoms with Crippen molar-refractivity contribution in [2.75, 3.05) is 89.9 Å². The number of hydrogen-bond acceptors (Lipinski definition) is 12. The minimum Gasteiger partial charge on any atom is -0.508 e. The Labute approximate surface area is 267 Å². The van der Waals surface area contributed by atoms with Crippen molar-refractivity contribution in [1.29, 1.82) is 0 Å². The van der Waals surface area contributed by atoms with Gasteiger partial charge in [0.2, 0.25) is 0 Å². The number of aliphatic hydroxyl groups is 1. The van der Waals surface area contributed by atoms with Crippen molar-refractivity contribution in [3.05, 3.63) is 54.6 Å². The molecule has 45 heavy (non-hydrogen) atoms. The molecule has 12 heteroatoms. The summed E-state index contributed by atoms with van der Waals surface area (Å²) in [6, 6.07) is 15.4. The Bertz CT molecular complexity index is 1090. The van der Waals surface area contributed by atoms with E-state index in [1.54, 1.807) is 85.1 Å². The zero-order valence-corrected chi connectivity index (χ0v) is 27.9. The van der Waals surface area contributed by atoms with Gasteiger partial charge in [0.05, 0.1) is 55.9 Å². The van der Waals surface area contributed by atoms with Crippen LogP contribution in [0.2, 0.25) is 0 Å². The van der Waals surface area contributed by atoms with Gasteiger partial charge in [0, 0.05) is 75.4 Å². The van der Waals surface area contributed by atoms with Gasteiger partial charge >= 0.3 is 0 Å². The fourth-order valence-electron chi connectivity index (χ4n) is 3.13. The molecule has 0 bridgehead atoms. The molecule has 3 aromatic rings. The number of phenols is 1. The maximum absolute atomic E-state index is 9.10. The van der Waals surface area contributed by atoms with Gasteiger partial charge in [-0.15, -0.1) is 0 Å². The highest BCUT2D eigenvalue weighted by molar-refractivity contribution is 5.43. The molecule has 254 valence electrons. The largest absolute Gasteiger partial charge is 0.508 e. The first-order chi connectivity index (χ1) is 21.8. The molecule has 0 amide bonds. The molecule has 0 aromatic heterocycles. The van der Waals surface area contributed by atoms with E-state index in [4.69, 9.17) is 57.6 Å². The average Bonchev–Trinajstić information content (AvgIpc) is 3.07. The summed E-state index contributed by atoms with van der Waals surface area (Å²) in [5.41, 5.74) is 0. The van der Waals surface area contributed by atoms with Crippen LogP contribution in [0.25, 0.3) is 0 Å². The Balaban J connectivity index is 0.000000605.